The Morgan fingerprint density at radius 3 is 2.79 bits per heavy atom. The van der Waals surface area contributed by atoms with Crippen LogP contribution in [0.3, 0.4) is 0 Å². The van der Waals surface area contributed by atoms with Gasteiger partial charge in [-0.2, -0.15) is 11.8 Å². The second-order valence-corrected chi connectivity index (χ2v) is 7.12. The minimum absolute atomic E-state index is 0.0843. The highest BCUT2D eigenvalue weighted by Crippen LogP contribution is 2.09. The van der Waals surface area contributed by atoms with Gasteiger partial charge in [0.1, 0.15) is 6.04 Å². The number of carbonyl (C=O) groups is 2. The fourth-order valence-corrected chi connectivity index (χ4v) is 3.27. The summed E-state index contributed by atoms with van der Waals surface area (Å²) < 4.78 is 0. The number of hydrogen-bond donors (Lipinski definition) is 3. The van der Waals surface area contributed by atoms with E-state index < -0.39 is 6.04 Å². The first-order valence-corrected chi connectivity index (χ1v) is 9.93. The van der Waals surface area contributed by atoms with Crippen molar-refractivity contribution in [3.05, 3.63) is 35.9 Å². The van der Waals surface area contributed by atoms with Crippen LogP contribution in [-0.2, 0) is 4.79 Å². The van der Waals surface area contributed by atoms with Gasteiger partial charge >= 0.3 is 0 Å². The predicted octanol–water partition coefficient (Wildman–Crippen LogP) is 1.65. The molecule has 0 spiro atoms. The zero-order valence-corrected chi connectivity index (χ0v) is 15.0. The van der Waals surface area contributed by atoms with Crippen molar-refractivity contribution in [1.29, 1.82) is 0 Å². The summed E-state index contributed by atoms with van der Waals surface area (Å²) in [5, 5.41) is 9.24. The first kappa shape index (κ1) is 18.8. The van der Waals surface area contributed by atoms with E-state index in [0.717, 1.165) is 31.7 Å². The number of piperidine rings is 1. The second-order valence-electron chi connectivity index (χ2n) is 6.13. The molecule has 2 rings (SSSR count). The van der Waals surface area contributed by atoms with E-state index in [0.29, 0.717) is 24.4 Å². The van der Waals surface area contributed by atoms with E-state index in [2.05, 4.69) is 16.0 Å². The van der Waals surface area contributed by atoms with Gasteiger partial charge in [-0.05, 0) is 62.4 Å². The molecule has 24 heavy (non-hydrogen) atoms. The Balaban J connectivity index is 1.88. The average molecular weight is 350 g/mol. The van der Waals surface area contributed by atoms with Crippen LogP contribution in [0.1, 0.15) is 29.6 Å². The molecule has 0 aliphatic carbocycles. The van der Waals surface area contributed by atoms with Crippen molar-refractivity contribution in [3.63, 3.8) is 0 Å². The number of carbonyl (C=O) groups excluding carboxylic acids is 2. The maximum atomic E-state index is 12.5. The van der Waals surface area contributed by atoms with Crippen LogP contribution in [0.4, 0.5) is 0 Å². The highest BCUT2D eigenvalue weighted by molar-refractivity contribution is 7.98. The van der Waals surface area contributed by atoms with E-state index in [1.165, 1.54) is 0 Å². The molecule has 1 aromatic carbocycles. The molecule has 2 unspecified atom stereocenters. The maximum absolute atomic E-state index is 12.5. The van der Waals surface area contributed by atoms with Crippen molar-refractivity contribution in [2.24, 2.45) is 5.92 Å². The zero-order chi connectivity index (χ0) is 17.2. The number of thioether (sulfide) groups is 1. The van der Waals surface area contributed by atoms with Gasteiger partial charge in [0.25, 0.3) is 5.91 Å². The Hall–Kier alpha value is -1.53. The molecule has 6 heteroatoms. The Kier molecular flexibility index (Phi) is 8.12. The van der Waals surface area contributed by atoms with Crippen LogP contribution in [0.15, 0.2) is 30.3 Å². The molecule has 1 saturated heterocycles. The van der Waals surface area contributed by atoms with Crippen LogP contribution in [0.25, 0.3) is 0 Å². The first-order chi connectivity index (χ1) is 11.7. The molecule has 132 valence electrons. The summed E-state index contributed by atoms with van der Waals surface area (Å²) in [6.07, 6.45) is 4.93. The molecule has 5 nitrogen and oxygen atoms in total. The zero-order valence-electron chi connectivity index (χ0n) is 14.2. The molecule has 0 radical (unpaired) electrons. The number of amides is 2. The molecule has 2 atom stereocenters. The van der Waals surface area contributed by atoms with E-state index in [4.69, 9.17) is 0 Å². The molecule has 3 N–H and O–H groups in total. The van der Waals surface area contributed by atoms with Crippen molar-refractivity contribution < 1.29 is 9.59 Å². The summed E-state index contributed by atoms with van der Waals surface area (Å²) in [7, 11) is 0. The van der Waals surface area contributed by atoms with E-state index >= 15 is 0 Å². The van der Waals surface area contributed by atoms with Crippen molar-refractivity contribution >= 4 is 23.6 Å². The van der Waals surface area contributed by atoms with Gasteiger partial charge in [0.15, 0.2) is 0 Å². The summed E-state index contributed by atoms with van der Waals surface area (Å²) in [5.74, 6) is 1.03. The largest absolute Gasteiger partial charge is 0.354 e. The number of hydrogen-bond acceptors (Lipinski definition) is 4. The van der Waals surface area contributed by atoms with E-state index in [9.17, 15) is 9.59 Å². The molecule has 0 saturated carbocycles. The first-order valence-electron chi connectivity index (χ1n) is 8.54. The van der Waals surface area contributed by atoms with E-state index in [-0.39, 0.29) is 11.8 Å². The Labute approximate surface area is 148 Å². The quantitative estimate of drug-likeness (QED) is 0.667. The lowest BCUT2D eigenvalue weighted by Gasteiger charge is -2.24. The predicted molar refractivity (Wildman–Crippen MR) is 99.3 cm³/mol. The van der Waals surface area contributed by atoms with E-state index in [1.807, 2.05) is 24.5 Å². The normalized spacial score (nSPS) is 18.6. The van der Waals surface area contributed by atoms with Crippen LogP contribution in [0.5, 0.6) is 0 Å². The molecular weight excluding hydrogens is 322 g/mol. The third kappa shape index (κ3) is 6.17. The van der Waals surface area contributed by atoms with Crippen molar-refractivity contribution in [2.75, 3.05) is 31.6 Å². The van der Waals surface area contributed by atoms with Crippen molar-refractivity contribution in [3.8, 4) is 0 Å². The summed E-state index contributed by atoms with van der Waals surface area (Å²) in [5.41, 5.74) is 0.580. The molecular formula is C18H27N3O2S. The Bertz CT molecular complexity index is 518. The molecule has 1 heterocycles. The van der Waals surface area contributed by atoms with Gasteiger partial charge in [0.05, 0.1) is 0 Å². The van der Waals surface area contributed by atoms with Gasteiger partial charge in [0, 0.05) is 12.1 Å². The summed E-state index contributed by atoms with van der Waals surface area (Å²) in [6.45, 7) is 2.68. The maximum Gasteiger partial charge on any atom is 0.251 e. The highest BCUT2D eigenvalue weighted by atomic mass is 32.2. The Morgan fingerprint density at radius 1 is 1.33 bits per heavy atom. The standard InChI is InChI=1S/C18H27N3O2S/c1-24-11-9-16(21-17(22)15-7-3-2-4-8-15)18(23)20-13-14-6-5-10-19-12-14/h2-4,7-8,14,16,19H,5-6,9-13H2,1H3,(H,20,23)(H,21,22). The van der Waals surface area contributed by atoms with Crippen LogP contribution in [0, 0.1) is 5.92 Å². The number of rotatable bonds is 8. The summed E-state index contributed by atoms with van der Waals surface area (Å²) in [4.78, 5) is 24.8. The van der Waals surface area contributed by atoms with Crippen molar-refractivity contribution in [1.82, 2.24) is 16.0 Å². The monoisotopic (exact) mass is 349 g/mol. The van der Waals surface area contributed by atoms with Gasteiger partial charge in [-0.1, -0.05) is 18.2 Å². The lowest BCUT2D eigenvalue weighted by atomic mass is 9.99. The van der Waals surface area contributed by atoms with E-state index in [1.54, 1.807) is 23.9 Å². The molecule has 0 aromatic heterocycles. The van der Waals surface area contributed by atoms with Crippen LogP contribution in [-0.4, -0.2) is 49.5 Å². The molecule has 0 bridgehead atoms. The van der Waals surface area contributed by atoms with Gasteiger partial charge < -0.3 is 16.0 Å². The van der Waals surface area contributed by atoms with Crippen molar-refractivity contribution in [2.45, 2.75) is 25.3 Å². The minimum atomic E-state index is -0.485. The van der Waals surface area contributed by atoms with Gasteiger partial charge in [-0.25, -0.2) is 0 Å². The third-order valence-electron chi connectivity index (χ3n) is 4.23. The summed E-state index contributed by atoms with van der Waals surface area (Å²) in [6, 6.07) is 8.54. The average Bonchev–Trinajstić information content (AvgIpc) is 2.64. The lowest BCUT2D eigenvalue weighted by molar-refractivity contribution is -0.123. The highest BCUT2D eigenvalue weighted by Gasteiger charge is 2.22. The molecule has 1 aliphatic rings. The van der Waals surface area contributed by atoms with Gasteiger partial charge in [-0.15, -0.1) is 0 Å². The van der Waals surface area contributed by atoms with Gasteiger partial charge in [-0.3, -0.25) is 9.59 Å². The second kappa shape index (κ2) is 10.4. The fraction of sp³-hybridized carbons (Fsp3) is 0.556. The van der Waals surface area contributed by atoms with Gasteiger partial charge in [0.2, 0.25) is 5.91 Å². The molecule has 1 fully saturated rings. The van der Waals surface area contributed by atoms with Crippen LogP contribution < -0.4 is 16.0 Å². The molecule has 1 aliphatic heterocycles. The number of nitrogens with one attached hydrogen (secondary N) is 3. The third-order valence-corrected chi connectivity index (χ3v) is 4.88. The summed E-state index contributed by atoms with van der Waals surface area (Å²) >= 11 is 1.68. The SMILES string of the molecule is CSCCC(NC(=O)c1ccccc1)C(=O)NCC1CCCNC1. The number of benzene rings is 1. The Morgan fingerprint density at radius 2 is 2.12 bits per heavy atom. The fourth-order valence-electron chi connectivity index (χ4n) is 2.80. The topological polar surface area (TPSA) is 70.2 Å². The minimum Gasteiger partial charge on any atom is -0.354 e. The molecule has 1 aromatic rings. The smallest absolute Gasteiger partial charge is 0.251 e. The lowest BCUT2D eigenvalue weighted by Crippen LogP contribution is -2.49. The molecule has 2 amide bonds. The van der Waals surface area contributed by atoms with Crippen LogP contribution >= 0.6 is 11.8 Å². The van der Waals surface area contributed by atoms with Crippen LogP contribution in [0.2, 0.25) is 0 Å².